The quantitative estimate of drug-likeness (QED) is 0.620. The molecule has 1 aliphatic heterocycles. The molecule has 1 heterocycles. The standard InChI is InChI=1S/C9H19N3O/c1-9(2)6-11-5-4-7(9)12(3)8(10)13/h7,11H,4-6H2,1-3H3,(H2,10,13). The lowest BCUT2D eigenvalue weighted by Gasteiger charge is -2.43. The highest BCUT2D eigenvalue weighted by Crippen LogP contribution is 2.28. The molecule has 4 nitrogen and oxygen atoms in total. The molecule has 13 heavy (non-hydrogen) atoms. The summed E-state index contributed by atoms with van der Waals surface area (Å²) in [6, 6.07) is -0.0776. The van der Waals surface area contributed by atoms with Gasteiger partial charge in [-0.05, 0) is 18.4 Å². The number of carbonyl (C=O) groups excluding carboxylic acids is 1. The second kappa shape index (κ2) is 3.54. The summed E-state index contributed by atoms with van der Waals surface area (Å²) in [5, 5.41) is 3.32. The fourth-order valence-electron chi connectivity index (χ4n) is 2.03. The average Bonchev–Trinajstić information content (AvgIpc) is 2.02. The zero-order chi connectivity index (χ0) is 10.1. The maximum absolute atomic E-state index is 11.0. The van der Waals surface area contributed by atoms with Gasteiger partial charge in [-0.1, -0.05) is 13.8 Å². The molecule has 2 amide bonds. The second-order valence-electron chi connectivity index (χ2n) is 4.42. The van der Waals surface area contributed by atoms with Gasteiger partial charge in [0.05, 0.1) is 0 Å². The molecule has 76 valence electrons. The highest BCUT2D eigenvalue weighted by atomic mass is 16.2. The molecule has 0 radical (unpaired) electrons. The Morgan fingerprint density at radius 1 is 1.62 bits per heavy atom. The van der Waals surface area contributed by atoms with Crippen LogP contribution in [-0.2, 0) is 0 Å². The number of amides is 2. The molecule has 0 aromatic heterocycles. The van der Waals surface area contributed by atoms with Crippen molar-refractivity contribution in [2.24, 2.45) is 11.1 Å². The van der Waals surface area contributed by atoms with Crippen molar-refractivity contribution in [1.82, 2.24) is 10.2 Å². The fourth-order valence-corrected chi connectivity index (χ4v) is 2.03. The summed E-state index contributed by atoms with van der Waals surface area (Å²) in [5.41, 5.74) is 5.37. The first-order chi connectivity index (χ1) is 5.95. The number of urea groups is 1. The van der Waals surface area contributed by atoms with Gasteiger partial charge in [-0.15, -0.1) is 0 Å². The van der Waals surface area contributed by atoms with Crippen molar-refractivity contribution >= 4 is 6.03 Å². The Labute approximate surface area is 79.5 Å². The van der Waals surface area contributed by atoms with Gasteiger partial charge in [0.25, 0.3) is 0 Å². The second-order valence-corrected chi connectivity index (χ2v) is 4.42. The van der Waals surface area contributed by atoms with Gasteiger partial charge in [-0.25, -0.2) is 4.79 Å². The average molecular weight is 185 g/mol. The van der Waals surface area contributed by atoms with E-state index in [1.807, 2.05) is 0 Å². The summed E-state index contributed by atoms with van der Waals surface area (Å²) in [6.07, 6.45) is 0.979. The molecule has 0 bridgehead atoms. The Bertz CT molecular complexity index is 203. The predicted molar refractivity (Wildman–Crippen MR) is 52.4 cm³/mol. The Kier molecular flexibility index (Phi) is 2.81. The third-order valence-electron chi connectivity index (χ3n) is 2.89. The minimum atomic E-state index is -0.333. The summed E-state index contributed by atoms with van der Waals surface area (Å²) in [7, 11) is 1.78. The lowest BCUT2D eigenvalue weighted by molar-refractivity contribution is 0.101. The molecule has 0 aliphatic carbocycles. The lowest BCUT2D eigenvalue weighted by Crippen LogP contribution is -2.56. The van der Waals surface area contributed by atoms with Crippen LogP contribution in [-0.4, -0.2) is 37.1 Å². The SMILES string of the molecule is CN(C(N)=O)C1CCNCC1(C)C. The van der Waals surface area contributed by atoms with Crippen LogP contribution < -0.4 is 11.1 Å². The molecular formula is C9H19N3O. The zero-order valence-corrected chi connectivity index (χ0v) is 8.63. The first-order valence-corrected chi connectivity index (χ1v) is 4.68. The molecular weight excluding hydrogens is 166 g/mol. The molecule has 1 atom stereocenters. The van der Waals surface area contributed by atoms with Crippen LogP contribution in [0, 0.1) is 5.41 Å². The molecule has 0 spiro atoms. The van der Waals surface area contributed by atoms with Crippen LogP contribution in [0.5, 0.6) is 0 Å². The third-order valence-corrected chi connectivity index (χ3v) is 2.89. The summed E-state index contributed by atoms with van der Waals surface area (Å²) >= 11 is 0. The Morgan fingerprint density at radius 2 is 2.23 bits per heavy atom. The fraction of sp³-hybridized carbons (Fsp3) is 0.889. The number of hydrogen-bond donors (Lipinski definition) is 2. The van der Waals surface area contributed by atoms with Crippen LogP contribution >= 0.6 is 0 Å². The van der Waals surface area contributed by atoms with Crippen LogP contribution in [0.15, 0.2) is 0 Å². The van der Waals surface area contributed by atoms with Gasteiger partial charge in [-0.3, -0.25) is 0 Å². The Morgan fingerprint density at radius 3 is 2.69 bits per heavy atom. The molecule has 0 aromatic rings. The van der Waals surface area contributed by atoms with Crippen molar-refractivity contribution in [3.05, 3.63) is 0 Å². The molecule has 1 aliphatic rings. The number of nitrogens with two attached hydrogens (primary N) is 1. The van der Waals surface area contributed by atoms with Crippen molar-refractivity contribution < 1.29 is 4.79 Å². The summed E-state index contributed by atoms with van der Waals surface area (Å²) in [4.78, 5) is 12.7. The maximum Gasteiger partial charge on any atom is 0.314 e. The number of rotatable bonds is 1. The number of nitrogens with one attached hydrogen (secondary N) is 1. The largest absolute Gasteiger partial charge is 0.351 e. The van der Waals surface area contributed by atoms with E-state index in [0.717, 1.165) is 19.5 Å². The molecule has 1 fully saturated rings. The highest BCUT2D eigenvalue weighted by molar-refractivity contribution is 5.72. The van der Waals surface area contributed by atoms with E-state index in [0.29, 0.717) is 0 Å². The van der Waals surface area contributed by atoms with E-state index in [-0.39, 0.29) is 17.5 Å². The molecule has 0 aromatic carbocycles. The number of nitrogens with zero attached hydrogens (tertiary/aromatic N) is 1. The van der Waals surface area contributed by atoms with Crippen molar-refractivity contribution in [2.75, 3.05) is 20.1 Å². The van der Waals surface area contributed by atoms with Gasteiger partial charge >= 0.3 is 6.03 Å². The molecule has 1 unspecified atom stereocenters. The predicted octanol–water partition coefficient (Wildman–Crippen LogP) is 0.385. The summed E-state index contributed by atoms with van der Waals surface area (Å²) in [5.74, 6) is 0. The van der Waals surface area contributed by atoms with Crippen molar-refractivity contribution in [3.63, 3.8) is 0 Å². The zero-order valence-electron chi connectivity index (χ0n) is 8.63. The van der Waals surface area contributed by atoms with E-state index in [1.54, 1.807) is 11.9 Å². The van der Waals surface area contributed by atoms with E-state index in [2.05, 4.69) is 19.2 Å². The minimum Gasteiger partial charge on any atom is -0.351 e. The Balaban J connectivity index is 2.70. The highest BCUT2D eigenvalue weighted by Gasteiger charge is 2.36. The van der Waals surface area contributed by atoms with Crippen molar-refractivity contribution in [3.8, 4) is 0 Å². The smallest absolute Gasteiger partial charge is 0.314 e. The monoisotopic (exact) mass is 185 g/mol. The van der Waals surface area contributed by atoms with Crippen LogP contribution in [0.4, 0.5) is 4.79 Å². The Hall–Kier alpha value is -0.770. The first kappa shape index (κ1) is 10.3. The van der Waals surface area contributed by atoms with E-state index in [9.17, 15) is 4.79 Å². The molecule has 3 N–H and O–H groups in total. The van der Waals surface area contributed by atoms with E-state index < -0.39 is 0 Å². The number of carbonyl (C=O) groups is 1. The first-order valence-electron chi connectivity index (χ1n) is 4.68. The van der Waals surface area contributed by atoms with E-state index in [4.69, 9.17) is 5.73 Å². The van der Waals surface area contributed by atoms with Crippen molar-refractivity contribution in [2.45, 2.75) is 26.3 Å². The molecule has 1 rings (SSSR count). The van der Waals surface area contributed by atoms with Gasteiger partial charge in [0.1, 0.15) is 0 Å². The van der Waals surface area contributed by atoms with Gasteiger partial charge < -0.3 is 16.0 Å². The topological polar surface area (TPSA) is 58.4 Å². The van der Waals surface area contributed by atoms with Gasteiger partial charge in [0.2, 0.25) is 0 Å². The van der Waals surface area contributed by atoms with E-state index >= 15 is 0 Å². The summed E-state index contributed by atoms with van der Waals surface area (Å²) < 4.78 is 0. The van der Waals surface area contributed by atoms with Crippen molar-refractivity contribution in [1.29, 1.82) is 0 Å². The van der Waals surface area contributed by atoms with Crippen LogP contribution in [0.3, 0.4) is 0 Å². The molecule has 4 heteroatoms. The van der Waals surface area contributed by atoms with Crippen LogP contribution in [0.2, 0.25) is 0 Å². The van der Waals surface area contributed by atoms with E-state index in [1.165, 1.54) is 0 Å². The minimum absolute atomic E-state index is 0.113. The number of hydrogen-bond acceptors (Lipinski definition) is 2. The maximum atomic E-state index is 11.0. The van der Waals surface area contributed by atoms with Gasteiger partial charge in [-0.2, -0.15) is 0 Å². The number of primary amides is 1. The summed E-state index contributed by atoms with van der Waals surface area (Å²) in [6.45, 7) is 6.22. The molecule has 1 saturated heterocycles. The number of piperidine rings is 1. The normalized spacial score (nSPS) is 26.8. The third kappa shape index (κ3) is 2.12. The van der Waals surface area contributed by atoms with Crippen LogP contribution in [0.1, 0.15) is 20.3 Å². The van der Waals surface area contributed by atoms with Gasteiger partial charge in [0, 0.05) is 19.6 Å². The molecule has 0 saturated carbocycles. The lowest BCUT2D eigenvalue weighted by atomic mass is 9.79. The van der Waals surface area contributed by atoms with Crippen LogP contribution in [0.25, 0.3) is 0 Å². The van der Waals surface area contributed by atoms with Gasteiger partial charge in [0.15, 0.2) is 0 Å².